The summed E-state index contributed by atoms with van der Waals surface area (Å²) in [6.07, 6.45) is 5.52. The van der Waals surface area contributed by atoms with Crippen LogP contribution in [0, 0.1) is 0 Å². The molecular weight excluding hydrogens is 366 g/mol. The maximum atomic E-state index is 12.8. The number of nitrogens with zero attached hydrogens (tertiary/aromatic N) is 3. The van der Waals surface area contributed by atoms with Crippen LogP contribution in [0.2, 0.25) is 0 Å². The normalized spacial score (nSPS) is 21.7. The van der Waals surface area contributed by atoms with Crippen LogP contribution < -0.4 is 10.6 Å². The molecule has 2 aliphatic rings. The molecular formula is C22H21N5O2. The van der Waals surface area contributed by atoms with Gasteiger partial charge in [0.2, 0.25) is 0 Å². The number of nitrogens with one attached hydrogen (secondary N) is 2. The minimum Gasteiger partial charge on any atom is -0.472 e. The summed E-state index contributed by atoms with van der Waals surface area (Å²) < 4.78 is 5.08. The maximum Gasteiger partial charge on any atom is 0.257 e. The Labute approximate surface area is 168 Å². The van der Waals surface area contributed by atoms with Crippen LogP contribution in [0.15, 0.2) is 76.7 Å². The van der Waals surface area contributed by atoms with Crippen LogP contribution in [0.1, 0.15) is 22.3 Å². The zero-order valence-electron chi connectivity index (χ0n) is 15.8. The Balaban J connectivity index is 1.46. The van der Waals surface area contributed by atoms with Crippen molar-refractivity contribution in [2.75, 3.05) is 23.7 Å². The summed E-state index contributed by atoms with van der Waals surface area (Å²) in [5, 5.41) is 7.03. The van der Waals surface area contributed by atoms with E-state index in [2.05, 4.69) is 27.8 Å². The summed E-state index contributed by atoms with van der Waals surface area (Å²) in [5.41, 5.74) is 2.15. The topological polar surface area (TPSA) is 82.8 Å². The first-order chi connectivity index (χ1) is 14.2. The van der Waals surface area contributed by atoms with Crippen molar-refractivity contribution in [2.24, 2.45) is 4.99 Å². The second kappa shape index (κ2) is 7.09. The number of likely N-dealkylation sites (tertiary alicyclic amines) is 1. The smallest absolute Gasteiger partial charge is 0.257 e. The van der Waals surface area contributed by atoms with E-state index < -0.39 is 5.54 Å². The van der Waals surface area contributed by atoms with Crippen LogP contribution in [0.3, 0.4) is 0 Å². The molecule has 4 heterocycles. The predicted octanol–water partition coefficient (Wildman–Crippen LogP) is 3.40. The highest BCUT2D eigenvalue weighted by Gasteiger charge is 2.47. The lowest BCUT2D eigenvalue weighted by molar-refractivity contribution is 0.0788. The standard InChI is InChI=1S/C22H21N5O2/c28-20(17-8-12-29-14-17)27-11-9-22(15-27)21(24-13-16-5-2-1-3-6-16)25-19-18(26-22)7-4-10-23-19/h1-8,10,12,14,26H,9,11,13,15H2,(H,23,24,25). The van der Waals surface area contributed by atoms with E-state index in [1.807, 2.05) is 35.2 Å². The van der Waals surface area contributed by atoms with E-state index in [0.717, 1.165) is 29.3 Å². The minimum absolute atomic E-state index is 0.0307. The van der Waals surface area contributed by atoms with Gasteiger partial charge in [0.1, 0.15) is 17.6 Å². The zero-order chi connectivity index (χ0) is 19.7. The molecule has 7 heteroatoms. The van der Waals surface area contributed by atoms with Crippen molar-refractivity contribution < 1.29 is 9.21 Å². The molecule has 2 aromatic heterocycles. The summed E-state index contributed by atoms with van der Waals surface area (Å²) >= 11 is 0. The average Bonchev–Trinajstić information content (AvgIpc) is 3.44. The third kappa shape index (κ3) is 3.24. The molecule has 1 fully saturated rings. The lowest BCUT2D eigenvalue weighted by Crippen LogP contribution is -2.55. The quantitative estimate of drug-likeness (QED) is 0.720. The number of rotatable bonds is 3. The van der Waals surface area contributed by atoms with Gasteiger partial charge in [-0.15, -0.1) is 0 Å². The molecule has 1 aromatic carbocycles. The van der Waals surface area contributed by atoms with Gasteiger partial charge in [0.15, 0.2) is 5.82 Å². The number of benzene rings is 1. The van der Waals surface area contributed by atoms with Crippen molar-refractivity contribution >= 4 is 23.2 Å². The lowest BCUT2D eigenvalue weighted by atomic mass is 9.93. The molecule has 146 valence electrons. The van der Waals surface area contributed by atoms with Crippen molar-refractivity contribution in [2.45, 2.75) is 18.5 Å². The highest BCUT2D eigenvalue weighted by atomic mass is 16.3. The van der Waals surface area contributed by atoms with Crippen LogP contribution in [0.4, 0.5) is 11.5 Å². The number of amidine groups is 1. The lowest BCUT2D eigenvalue weighted by Gasteiger charge is -2.38. The van der Waals surface area contributed by atoms with Gasteiger partial charge in [0, 0.05) is 12.7 Å². The number of amides is 1. The summed E-state index contributed by atoms with van der Waals surface area (Å²) in [7, 11) is 0. The molecule has 0 saturated carbocycles. The summed E-state index contributed by atoms with van der Waals surface area (Å²) in [6.45, 7) is 1.72. The van der Waals surface area contributed by atoms with Crippen molar-refractivity contribution in [3.8, 4) is 0 Å². The number of carbonyl (C=O) groups excluding carboxylic acids is 1. The molecule has 2 N–H and O–H groups in total. The van der Waals surface area contributed by atoms with Crippen molar-refractivity contribution in [3.05, 3.63) is 78.4 Å². The second-order valence-corrected chi connectivity index (χ2v) is 7.37. The molecule has 0 aliphatic carbocycles. The van der Waals surface area contributed by atoms with E-state index in [-0.39, 0.29) is 5.91 Å². The maximum absolute atomic E-state index is 12.8. The van der Waals surface area contributed by atoms with E-state index in [0.29, 0.717) is 25.2 Å². The highest BCUT2D eigenvalue weighted by molar-refractivity contribution is 6.09. The van der Waals surface area contributed by atoms with E-state index >= 15 is 0 Å². The Hall–Kier alpha value is -3.61. The van der Waals surface area contributed by atoms with Crippen LogP contribution in [-0.4, -0.2) is 40.3 Å². The fraction of sp³-hybridized carbons (Fsp3) is 0.227. The van der Waals surface area contributed by atoms with Crippen LogP contribution in [-0.2, 0) is 6.54 Å². The number of carbonyl (C=O) groups is 1. The van der Waals surface area contributed by atoms with Gasteiger partial charge in [0.05, 0.1) is 30.6 Å². The molecule has 1 saturated heterocycles. The SMILES string of the molecule is O=C(c1ccoc1)N1CCC2(C1)Nc1cccnc1NC2=NCc1ccccc1. The molecule has 7 nitrogen and oxygen atoms in total. The first-order valence-corrected chi connectivity index (χ1v) is 9.64. The molecule has 1 spiro atoms. The van der Waals surface area contributed by atoms with Crippen molar-refractivity contribution in [3.63, 3.8) is 0 Å². The molecule has 1 unspecified atom stereocenters. The zero-order valence-corrected chi connectivity index (χ0v) is 15.8. The predicted molar refractivity (Wildman–Crippen MR) is 111 cm³/mol. The van der Waals surface area contributed by atoms with E-state index in [1.165, 1.54) is 12.5 Å². The fourth-order valence-electron chi connectivity index (χ4n) is 3.95. The van der Waals surface area contributed by atoms with Gasteiger partial charge in [-0.3, -0.25) is 9.79 Å². The number of fused-ring (bicyclic) bond motifs is 1. The summed E-state index contributed by atoms with van der Waals surface area (Å²) in [6, 6.07) is 15.7. The Morgan fingerprint density at radius 3 is 2.93 bits per heavy atom. The molecule has 1 amide bonds. The molecule has 0 bridgehead atoms. The third-order valence-electron chi connectivity index (χ3n) is 5.46. The number of pyridine rings is 1. The van der Waals surface area contributed by atoms with Gasteiger partial charge in [-0.2, -0.15) is 0 Å². The highest BCUT2D eigenvalue weighted by Crippen LogP contribution is 2.36. The van der Waals surface area contributed by atoms with Crippen LogP contribution in [0.25, 0.3) is 0 Å². The molecule has 29 heavy (non-hydrogen) atoms. The number of anilines is 2. The van der Waals surface area contributed by atoms with Gasteiger partial charge in [-0.1, -0.05) is 30.3 Å². The number of aromatic nitrogens is 1. The monoisotopic (exact) mass is 387 g/mol. The fourth-order valence-corrected chi connectivity index (χ4v) is 3.95. The molecule has 1 atom stereocenters. The number of furan rings is 1. The third-order valence-corrected chi connectivity index (χ3v) is 5.46. The average molecular weight is 387 g/mol. The number of aliphatic imine (C=N–C) groups is 1. The first-order valence-electron chi connectivity index (χ1n) is 9.64. The molecule has 5 rings (SSSR count). The number of hydrogen-bond acceptors (Lipinski definition) is 5. The molecule has 3 aromatic rings. The van der Waals surface area contributed by atoms with Gasteiger partial charge in [-0.25, -0.2) is 4.98 Å². The van der Waals surface area contributed by atoms with E-state index in [9.17, 15) is 4.79 Å². The Morgan fingerprint density at radius 1 is 1.21 bits per heavy atom. The Morgan fingerprint density at radius 2 is 2.10 bits per heavy atom. The summed E-state index contributed by atoms with van der Waals surface area (Å²) in [4.78, 5) is 24.0. The molecule has 0 radical (unpaired) electrons. The Kier molecular flexibility index (Phi) is 4.27. The van der Waals surface area contributed by atoms with Crippen LogP contribution in [0.5, 0.6) is 0 Å². The van der Waals surface area contributed by atoms with E-state index in [4.69, 9.17) is 9.41 Å². The van der Waals surface area contributed by atoms with E-state index in [1.54, 1.807) is 12.3 Å². The second-order valence-electron chi connectivity index (χ2n) is 7.37. The van der Waals surface area contributed by atoms with Crippen LogP contribution >= 0.6 is 0 Å². The van der Waals surface area contributed by atoms with Gasteiger partial charge in [-0.05, 0) is 30.2 Å². The largest absolute Gasteiger partial charge is 0.472 e. The van der Waals surface area contributed by atoms with Gasteiger partial charge in [0.25, 0.3) is 5.91 Å². The first kappa shape index (κ1) is 17.5. The van der Waals surface area contributed by atoms with Crippen molar-refractivity contribution in [1.82, 2.24) is 9.88 Å². The molecule has 2 aliphatic heterocycles. The van der Waals surface area contributed by atoms with Gasteiger partial charge < -0.3 is 20.0 Å². The summed E-state index contributed by atoms with van der Waals surface area (Å²) in [5.74, 6) is 1.54. The minimum atomic E-state index is -0.468. The number of hydrogen-bond donors (Lipinski definition) is 2. The van der Waals surface area contributed by atoms with Crippen molar-refractivity contribution in [1.29, 1.82) is 0 Å². The Bertz CT molecular complexity index is 1050. The van der Waals surface area contributed by atoms with Gasteiger partial charge >= 0.3 is 0 Å².